The quantitative estimate of drug-likeness (QED) is 0.172. The number of nitrogens with zero attached hydrogens (tertiary/aromatic N) is 2. The molecule has 56 heavy (non-hydrogen) atoms. The van der Waals surface area contributed by atoms with Crippen LogP contribution in [0.1, 0.15) is 49.9 Å². The number of aromatic nitrogens is 1. The highest BCUT2D eigenvalue weighted by Crippen LogP contribution is 2.58. The van der Waals surface area contributed by atoms with Gasteiger partial charge in [0.2, 0.25) is 0 Å². The van der Waals surface area contributed by atoms with E-state index in [9.17, 15) is 0 Å². The number of hydrogen-bond acceptors (Lipinski definition) is 1. The van der Waals surface area contributed by atoms with E-state index in [4.69, 9.17) is 0 Å². The Balaban J connectivity index is 1.21. The minimum atomic E-state index is -0.207. The van der Waals surface area contributed by atoms with Crippen LogP contribution in [0.5, 0.6) is 0 Å². The van der Waals surface area contributed by atoms with Gasteiger partial charge in [-0.2, -0.15) is 0 Å². The summed E-state index contributed by atoms with van der Waals surface area (Å²) in [6, 6.07) is 67.5. The van der Waals surface area contributed by atoms with Crippen molar-refractivity contribution < 1.29 is 0 Å². The summed E-state index contributed by atoms with van der Waals surface area (Å²) in [5.74, 6) is 0. The van der Waals surface area contributed by atoms with E-state index in [0.29, 0.717) is 0 Å². The predicted molar refractivity (Wildman–Crippen MR) is 236 cm³/mol. The molecule has 9 aromatic rings. The first-order valence-electron chi connectivity index (χ1n) is 19.8. The van der Waals surface area contributed by atoms with Crippen molar-refractivity contribution in [3.05, 3.63) is 204 Å². The summed E-state index contributed by atoms with van der Waals surface area (Å²) in [6.45, 7) is 9.60. The largest absolute Gasteiger partial charge is 0.309 e. The zero-order chi connectivity index (χ0) is 37.8. The second-order valence-corrected chi connectivity index (χ2v) is 16.5. The van der Waals surface area contributed by atoms with Crippen LogP contribution in [-0.2, 0) is 10.8 Å². The second kappa shape index (κ2) is 11.9. The molecule has 0 unspecified atom stereocenters. The van der Waals surface area contributed by atoms with E-state index < -0.39 is 0 Å². The van der Waals surface area contributed by atoms with Gasteiger partial charge in [-0.05, 0) is 92.5 Å². The molecule has 0 radical (unpaired) electrons. The fourth-order valence-corrected chi connectivity index (χ4v) is 10.3. The van der Waals surface area contributed by atoms with E-state index in [1.807, 2.05) is 0 Å². The van der Waals surface area contributed by atoms with Gasteiger partial charge >= 0.3 is 0 Å². The first kappa shape index (κ1) is 32.8. The number of hydrogen-bond donors (Lipinski definition) is 0. The molecule has 0 atom stereocenters. The van der Waals surface area contributed by atoms with Crippen molar-refractivity contribution >= 4 is 38.9 Å². The summed E-state index contributed by atoms with van der Waals surface area (Å²) in [4.78, 5) is 2.60. The molecular weight excluding hydrogens is 677 g/mol. The molecule has 1 aromatic heterocycles. The fraction of sp³-hybridized carbons (Fsp3) is 0.111. The first-order valence-corrected chi connectivity index (χ1v) is 19.8. The third-order valence-corrected chi connectivity index (χ3v) is 12.7. The summed E-state index contributed by atoms with van der Waals surface area (Å²) in [5.41, 5.74) is 19.9. The standard InChI is InChI=1S/C54H42N2/c1-53(2)44-26-12-8-21-38(44)42-24-16-30-48(51(42)53)56(49-31-17-25-43-39-22-9-13-27-45(39)54(3,4)52(43)49)46-28-14-10-20-37(46)35-32-33-41-40-23-11-15-29-47(40)55(50(41)34-35)36-18-6-5-7-19-36/h5-34H,1-4H3. The van der Waals surface area contributed by atoms with Gasteiger partial charge in [-0.25, -0.2) is 0 Å². The lowest BCUT2D eigenvalue weighted by Gasteiger charge is -2.36. The monoisotopic (exact) mass is 718 g/mol. The third-order valence-electron chi connectivity index (χ3n) is 12.7. The molecule has 1 heterocycles. The average molecular weight is 719 g/mol. The van der Waals surface area contributed by atoms with Crippen molar-refractivity contribution in [3.63, 3.8) is 0 Å². The van der Waals surface area contributed by atoms with Crippen molar-refractivity contribution in [1.29, 1.82) is 0 Å². The third kappa shape index (κ3) is 4.50. The molecule has 8 aromatic carbocycles. The molecule has 0 aliphatic heterocycles. The van der Waals surface area contributed by atoms with Crippen molar-refractivity contribution in [2.45, 2.75) is 38.5 Å². The first-order chi connectivity index (χ1) is 27.3. The van der Waals surface area contributed by atoms with Gasteiger partial charge in [0.25, 0.3) is 0 Å². The molecule has 2 heteroatoms. The van der Waals surface area contributed by atoms with Gasteiger partial charge in [0, 0.05) is 32.9 Å². The highest BCUT2D eigenvalue weighted by Gasteiger charge is 2.42. The van der Waals surface area contributed by atoms with Gasteiger partial charge in [0.15, 0.2) is 0 Å². The maximum atomic E-state index is 2.60. The Morgan fingerprint density at radius 1 is 0.375 bits per heavy atom. The topological polar surface area (TPSA) is 8.17 Å². The number of rotatable bonds is 5. The van der Waals surface area contributed by atoms with Crippen LogP contribution in [0.2, 0.25) is 0 Å². The Morgan fingerprint density at radius 3 is 1.50 bits per heavy atom. The summed E-state index contributed by atoms with van der Waals surface area (Å²) >= 11 is 0. The van der Waals surface area contributed by atoms with Gasteiger partial charge in [-0.15, -0.1) is 0 Å². The van der Waals surface area contributed by atoms with Crippen LogP contribution in [0.25, 0.3) is 60.9 Å². The summed E-state index contributed by atoms with van der Waals surface area (Å²) in [5, 5.41) is 2.51. The van der Waals surface area contributed by atoms with Crippen LogP contribution >= 0.6 is 0 Å². The molecule has 2 aliphatic carbocycles. The number of anilines is 3. The maximum absolute atomic E-state index is 2.60. The Bertz CT molecular complexity index is 2930. The molecular formula is C54H42N2. The zero-order valence-electron chi connectivity index (χ0n) is 32.2. The highest BCUT2D eigenvalue weighted by atomic mass is 15.2. The fourth-order valence-electron chi connectivity index (χ4n) is 10.3. The van der Waals surface area contributed by atoms with E-state index in [0.717, 1.165) is 11.4 Å². The molecule has 0 saturated carbocycles. The molecule has 0 fully saturated rings. The van der Waals surface area contributed by atoms with E-state index in [1.165, 1.54) is 88.8 Å². The minimum Gasteiger partial charge on any atom is -0.309 e. The van der Waals surface area contributed by atoms with E-state index in [-0.39, 0.29) is 10.8 Å². The Hall–Kier alpha value is -6.64. The van der Waals surface area contributed by atoms with Gasteiger partial charge in [-0.1, -0.05) is 167 Å². The molecule has 11 rings (SSSR count). The normalized spacial score (nSPS) is 14.4. The van der Waals surface area contributed by atoms with Crippen LogP contribution in [-0.4, -0.2) is 4.57 Å². The van der Waals surface area contributed by atoms with Gasteiger partial charge in [0.05, 0.1) is 28.1 Å². The lowest BCUT2D eigenvalue weighted by molar-refractivity contribution is 0.656. The van der Waals surface area contributed by atoms with E-state index >= 15 is 0 Å². The van der Waals surface area contributed by atoms with Crippen molar-refractivity contribution in [3.8, 4) is 39.1 Å². The van der Waals surface area contributed by atoms with Crippen LogP contribution < -0.4 is 4.90 Å². The molecule has 2 aliphatic rings. The minimum absolute atomic E-state index is 0.207. The molecule has 0 spiro atoms. The lowest BCUT2D eigenvalue weighted by Crippen LogP contribution is -2.24. The van der Waals surface area contributed by atoms with Crippen LogP contribution in [0, 0.1) is 0 Å². The number of benzene rings is 8. The smallest absolute Gasteiger partial charge is 0.0547 e. The number of fused-ring (bicyclic) bond motifs is 9. The summed E-state index contributed by atoms with van der Waals surface area (Å²) < 4.78 is 2.42. The number of para-hydroxylation sites is 3. The Morgan fingerprint density at radius 2 is 0.857 bits per heavy atom. The van der Waals surface area contributed by atoms with Crippen LogP contribution in [0.15, 0.2) is 182 Å². The Kier molecular flexibility index (Phi) is 6.98. The SMILES string of the molecule is CC1(C)c2ccccc2-c2cccc(N(c3ccccc3-c3ccc4c5ccccc5n(-c5ccccc5)c4c3)c3cccc4c3C(C)(C)c3ccccc3-4)c21. The second-order valence-electron chi connectivity index (χ2n) is 16.5. The van der Waals surface area contributed by atoms with Crippen LogP contribution in [0.4, 0.5) is 17.1 Å². The van der Waals surface area contributed by atoms with Gasteiger partial charge < -0.3 is 9.47 Å². The maximum Gasteiger partial charge on any atom is 0.0547 e. The van der Waals surface area contributed by atoms with E-state index in [1.54, 1.807) is 0 Å². The molecule has 2 nitrogen and oxygen atoms in total. The summed E-state index contributed by atoms with van der Waals surface area (Å²) in [7, 11) is 0. The van der Waals surface area contributed by atoms with Gasteiger partial charge in [0.1, 0.15) is 0 Å². The Labute approximate surface area is 328 Å². The zero-order valence-corrected chi connectivity index (χ0v) is 32.2. The molecule has 0 N–H and O–H groups in total. The van der Waals surface area contributed by atoms with Crippen LogP contribution in [0.3, 0.4) is 0 Å². The highest BCUT2D eigenvalue weighted by molar-refractivity contribution is 6.10. The van der Waals surface area contributed by atoms with Crippen molar-refractivity contribution in [2.75, 3.05) is 4.90 Å². The molecule has 268 valence electrons. The summed E-state index contributed by atoms with van der Waals surface area (Å²) in [6.07, 6.45) is 0. The molecule has 0 bridgehead atoms. The van der Waals surface area contributed by atoms with Crippen molar-refractivity contribution in [2.24, 2.45) is 0 Å². The average Bonchev–Trinajstić information content (AvgIpc) is 3.79. The van der Waals surface area contributed by atoms with Gasteiger partial charge in [-0.3, -0.25) is 0 Å². The molecule has 0 saturated heterocycles. The van der Waals surface area contributed by atoms with Crippen molar-refractivity contribution in [1.82, 2.24) is 4.57 Å². The predicted octanol–water partition coefficient (Wildman–Crippen LogP) is 14.5. The lowest BCUT2D eigenvalue weighted by atomic mass is 9.79. The molecule has 0 amide bonds. The van der Waals surface area contributed by atoms with E-state index in [2.05, 4.69) is 219 Å².